The van der Waals surface area contributed by atoms with Gasteiger partial charge in [-0.15, -0.1) is 11.6 Å². The normalized spacial score (nSPS) is 22.7. The molecule has 4 heteroatoms. The van der Waals surface area contributed by atoms with Crippen LogP contribution in [-0.2, 0) is 4.79 Å². The summed E-state index contributed by atoms with van der Waals surface area (Å²) in [6.45, 7) is 4.70. The summed E-state index contributed by atoms with van der Waals surface area (Å²) in [6, 6.07) is 0. The van der Waals surface area contributed by atoms with E-state index in [1.54, 1.807) is 0 Å². The summed E-state index contributed by atoms with van der Waals surface area (Å²) in [5.41, 5.74) is 0. The largest absolute Gasteiger partial charge is 0.340 e. The molecule has 2 aliphatic rings. The molecule has 3 nitrogen and oxygen atoms in total. The molecule has 1 heterocycles. The summed E-state index contributed by atoms with van der Waals surface area (Å²) >= 11 is 5.75. The second-order valence-corrected chi connectivity index (χ2v) is 6.33. The molecule has 0 radical (unpaired) electrons. The van der Waals surface area contributed by atoms with E-state index in [2.05, 4.69) is 4.90 Å². The predicted molar refractivity (Wildman–Crippen MR) is 79.5 cm³/mol. The van der Waals surface area contributed by atoms with Gasteiger partial charge in [0.1, 0.15) is 0 Å². The number of piperazine rings is 1. The van der Waals surface area contributed by atoms with Crippen molar-refractivity contribution in [3.63, 3.8) is 0 Å². The van der Waals surface area contributed by atoms with Gasteiger partial charge in [0.2, 0.25) is 5.91 Å². The second-order valence-electron chi connectivity index (χ2n) is 5.95. The minimum Gasteiger partial charge on any atom is -0.340 e. The first-order chi connectivity index (χ1) is 9.29. The van der Waals surface area contributed by atoms with Gasteiger partial charge in [0.25, 0.3) is 0 Å². The fraction of sp³-hybridized carbons (Fsp3) is 0.933. The van der Waals surface area contributed by atoms with Crippen molar-refractivity contribution in [2.45, 2.75) is 44.9 Å². The molecule has 0 atom stereocenters. The first-order valence-corrected chi connectivity index (χ1v) is 8.39. The monoisotopic (exact) mass is 286 g/mol. The zero-order valence-electron chi connectivity index (χ0n) is 12.0. The lowest BCUT2D eigenvalue weighted by Gasteiger charge is -2.34. The van der Waals surface area contributed by atoms with Crippen LogP contribution in [0.5, 0.6) is 0 Å². The Balaban J connectivity index is 1.63. The molecule has 1 amide bonds. The van der Waals surface area contributed by atoms with Gasteiger partial charge in [-0.1, -0.05) is 32.1 Å². The standard InChI is InChI=1S/C15H27ClN2O/c16-8-9-17-10-12-18(13-11-17)15(19)7-6-14-4-2-1-3-5-14/h14H,1-13H2. The molecule has 0 bridgehead atoms. The lowest BCUT2D eigenvalue weighted by Crippen LogP contribution is -2.49. The maximum Gasteiger partial charge on any atom is 0.222 e. The Kier molecular flexibility index (Phi) is 6.45. The minimum atomic E-state index is 0.371. The molecule has 2 fully saturated rings. The van der Waals surface area contributed by atoms with E-state index < -0.39 is 0 Å². The molecule has 0 aromatic heterocycles. The fourth-order valence-corrected chi connectivity index (χ4v) is 3.54. The van der Waals surface area contributed by atoms with Crippen molar-refractivity contribution < 1.29 is 4.79 Å². The second kappa shape index (κ2) is 8.11. The number of amides is 1. The van der Waals surface area contributed by atoms with Crippen LogP contribution < -0.4 is 0 Å². The highest BCUT2D eigenvalue weighted by atomic mass is 35.5. The van der Waals surface area contributed by atoms with E-state index in [-0.39, 0.29) is 0 Å². The molecule has 110 valence electrons. The maximum absolute atomic E-state index is 12.2. The third kappa shape index (κ3) is 4.96. The van der Waals surface area contributed by atoms with Crippen molar-refractivity contribution in [3.05, 3.63) is 0 Å². The maximum atomic E-state index is 12.2. The summed E-state index contributed by atoms with van der Waals surface area (Å²) in [6.07, 6.45) is 8.70. The summed E-state index contributed by atoms with van der Waals surface area (Å²) < 4.78 is 0. The highest BCUT2D eigenvalue weighted by molar-refractivity contribution is 6.18. The molecule has 2 rings (SSSR count). The molecule has 0 aromatic rings. The topological polar surface area (TPSA) is 23.6 Å². The molecule has 1 saturated carbocycles. The molecule has 1 aliphatic carbocycles. The Morgan fingerprint density at radius 1 is 1.05 bits per heavy atom. The molecule has 0 aromatic carbocycles. The zero-order valence-corrected chi connectivity index (χ0v) is 12.7. The summed E-state index contributed by atoms with van der Waals surface area (Å²) in [5, 5.41) is 0. The van der Waals surface area contributed by atoms with Crippen LogP contribution in [0.25, 0.3) is 0 Å². The lowest BCUT2D eigenvalue weighted by molar-refractivity contribution is -0.133. The van der Waals surface area contributed by atoms with Crippen molar-refractivity contribution in [1.29, 1.82) is 0 Å². The third-order valence-corrected chi connectivity index (χ3v) is 4.79. The summed E-state index contributed by atoms with van der Waals surface area (Å²) in [4.78, 5) is 16.6. The molecule has 0 N–H and O–H groups in total. The van der Waals surface area contributed by atoms with Gasteiger partial charge >= 0.3 is 0 Å². The molecule has 1 saturated heterocycles. The third-order valence-electron chi connectivity index (χ3n) is 4.62. The van der Waals surface area contributed by atoms with Crippen LogP contribution in [0.4, 0.5) is 0 Å². The average Bonchev–Trinajstić information content (AvgIpc) is 2.47. The number of halogens is 1. The first-order valence-electron chi connectivity index (χ1n) is 7.85. The Hall–Kier alpha value is -0.280. The number of carbonyl (C=O) groups is 1. The van der Waals surface area contributed by atoms with Gasteiger partial charge < -0.3 is 4.90 Å². The minimum absolute atomic E-state index is 0.371. The average molecular weight is 287 g/mol. The Morgan fingerprint density at radius 3 is 2.37 bits per heavy atom. The van der Waals surface area contributed by atoms with Gasteiger partial charge in [-0.3, -0.25) is 9.69 Å². The number of carbonyl (C=O) groups excluding carboxylic acids is 1. The summed E-state index contributed by atoms with van der Waals surface area (Å²) in [5.74, 6) is 1.88. The highest BCUT2D eigenvalue weighted by Gasteiger charge is 2.22. The molecule has 0 unspecified atom stereocenters. The number of rotatable bonds is 5. The van der Waals surface area contributed by atoms with E-state index in [4.69, 9.17) is 11.6 Å². The smallest absolute Gasteiger partial charge is 0.222 e. The Morgan fingerprint density at radius 2 is 1.74 bits per heavy atom. The number of alkyl halides is 1. The lowest BCUT2D eigenvalue weighted by atomic mass is 9.86. The van der Waals surface area contributed by atoms with Crippen LogP contribution in [0.15, 0.2) is 0 Å². The van der Waals surface area contributed by atoms with Crippen LogP contribution in [0.2, 0.25) is 0 Å². The van der Waals surface area contributed by atoms with Crippen LogP contribution in [0.3, 0.4) is 0 Å². The van der Waals surface area contributed by atoms with Gasteiger partial charge in [-0.05, 0) is 12.3 Å². The van der Waals surface area contributed by atoms with Gasteiger partial charge in [-0.2, -0.15) is 0 Å². The van der Waals surface area contributed by atoms with Crippen molar-refractivity contribution >= 4 is 17.5 Å². The van der Waals surface area contributed by atoms with E-state index in [9.17, 15) is 4.79 Å². The van der Waals surface area contributed by atoms with Crippen LogP contribution >= 0.6 is 11.6 Å². The predicted octanol–water partition coefficient (Wildman–Crippen LogP) is 2.73. The van der Waals surface area contributed by atoms with Gasteiger partial charge in [0.05, 0.1) is 0 Å². The number of hydrogen-bond acceptors (Lipinski definition) is 2. The molecule has 19 heavy (non-hydrogen) atoms. The van der Waals surface area contributed by atoms with Crippen molar-refractivity contribution in [2.75, 3.05) is 38.6 Å². The van der Waals surface area contributed by atoms with E-state index >= 15 is 0 Å². The van der Waals surface area contributed by atoms with Crippen LogP contribution in [-0.4, -0.2) is 54.3 Å². The molecular formula is C15H27ClN2O. The van der Waals surface area contributed by atoms with Gasteiger partial charge in [-0.25, -0.2) is 0 Å². The molecule has 0 spiro atoms. The SMILES string of the molecule is O=C(CCC1CCCCC1)N1CCN(CCCl)CC1. The Labute approximate surface area is 122 Å². The van der Waals surface area contributed by atoms with Crippen LogP contribution in [0, 0.1) is 5.92 Å². The van der Waals surface area contributed by atoms with Crippen molar-refractivity contribution in [1.82, 2.24) is 9.80 Å². The van der Waals surface area contributed by atoms with Crippen LogP contribution in [0.1, 0.15) is 44.9 Å². The van der Waals surface area contributed by atoms with E-state index in [1.165, 1.54) is 32.1 Å². The van der Waals surface area contributed by atoms with E-state index in [1.807, 2.05) is 4.90 Å². The first kappa shape index (κ1) is 15.1. The highest BCUT2D eigenvalue weighted by Crippen LogP contribution is 2.27. The number of nitrogens with zero attached hydrogens (tertiary/aromatic N) is 2. The quantitative estimate of drug-likeness (QED) is 0.726. The van der Waals surface area contributed by atoms with Crippen molar-refractivity contribution in [2.24, 2.45) is 5.92 Å². The summed E-state index contributed by atoms with van der Waals surface area (Å²) in [7, 11) is 0. The van der Waals surface area contributed by atoms with E-state index in [0.29, 0.717) is 11.8 Å². The van der Waals surface area contributed by atoms with Gasteiger partial charge in [0.15, 0.2) is 0 Å². The molecule has 1 aliphatic heterocycles. The number of hydrogen-bond donors (Lipinski definition) is 0. The fourth-order valence-electron chi connectivity index (χ4n) is 3.30. The zero-order chi connectivity index (χ0) is 13.5. The van der Waals surface area contributed by atoms with E-state index in [0.717, 1.165) is 51.5 Å². The Bertz CT molecular complexity index is 271. The van der Waals surface area contributed by atoms with Crippen molar-refractivity contribution in [3.8, 4) is 0 Å². The van der Waals surface area contributed by atoms with Gasteiger partial charge in [0, 0.05) is 45.0 Å². The molecular weight excluding hydrogens is 260 g/mol.